The number of nitrogens with zero attached hydrogens (tertiary/aromatic N) is 3. The number of hydrogen-bond donors (Lipinski definition) is 1. The lowest BCUT2D eigenvalue weighted by atomic mass is 9.79. The van der Waals surface area contributed by atoms with E-state index in [0.717, 1.165) is 50.4 Å². The first-order valence-electron chi connectivity index (χ1n) is 9.41. The van der Waals surface area contributed by atoms with Crippen molar-refractivity contribution >= 4 is 11.6 Å². The predicted molar refractivity (Wildman–Crippen MR) is 102 cm³/mol. The fraction of sp³-hybridized carbons (Fsp3) is 0.500. The van der Waals surface area contributed by atoms with E-state index >= 15 is 0 Å². The number of carbonyl (C=O) groups is 1. The van der Waals surface area contributed by atoms with E-state index in [1.807, 2.05) is 13.1 Å². The van der Waals surface area contributed by atoms with Crippen LogP contribution in [-0.2, 0) is 28.6 Å². The number of likely N-dealkylation sites (tertiary alicyclic amines) is 1. The van der Waals surface area contributed by atoms with E-state index in [4.69, 9.17) is 9.47 Å². The molecule has 2 aliphatic rings. The Morgan fingerprint density at radius 2 is 2.19 bits per heavy atom. The van der Waals surface area contributed by atoms with Crippen molar-refractivity contribution in [3.63, 3.8) is 0 Å². The quantitative estimate of drug-likeness (QED) is 0.891. The highest BCUT2D eigenvalue weighted by atomic mass is 16.5. The predicted octanol–water partition coefficient (Wildman–Crippen LogP) is 1.93. The maximum atomic E-state index is 12.3. The number of fused-ring (bicyclic) bond motifs is 2. The molecule has 1 fully saturated rings. The molecule has 1 aromatic carbocycles. The van der Waals surface area contributed by atoms with Gasteiger partial charge in [-0.3, -0.25) is 14.4 Å². The standard InChI is InChI=1S/C20H26N4O3/c1-23-13-16(12-21-23)22-18(25)14-24-9-7-20(8-10-24)19-15(6-11-27-20)4-3-5-17(19)26-2/h3-5,12-13H,6-11,14H2,1-2H3,(H,22,25). The van der Waals surface area contributed by atoms with Crippen molar-refractivity contribution in [3.05, 3.63) is 41.7 Å². The van der Waals surface area contributed by atoms with Gasteiger partial charge in [0, 0.05) is 31.9 Å². The van der Waals surface area contributed by atoms with E-state index in [2.05, 4.69) is 27.4 Å². The molecule has 0 saturated carbocycles. The van der Waals surface area contributed by atoms with Gasteiger partial charge in [-0.2, -0.15) is 5.10 Å². The lowest BCUT2D eigenvalue weighted by Gasteiger charge is -2.45. The zero-order chi connectivity index (χ0) is 18.9. The van der Waals surface area contributed by atoms with Crippen LogP contribution in [0.1, 0.15) is 24.0 Å². The van der Waals surface area contributed by atoms with Crippen molar-refractivity contribution in [1.29, 1.82) is 0 Å². The van der Waals surface area contributed by atoms with Crippen molar-refractivity contribution < 1.29 is 14.3 Å². The third kappa shape index (κ3) is 3.57. The van der Waals surface area contributed by atoms with E-state index in [0.29, 0.717) is 6.54 Å². The number of aromatic nitrogens is 2. The first-order chi connectivity index (χ1) is 13.1. The van der Waals surface area contributed by atoms with Crippen LogP contribution in [0.4, 0.5) is 5.69 Å². The minimum atomic E-state index is -0.295. The normalized spacial score (nSPS) is 18.9. The van der Waals surface area contributed by atoms with Crippen LogP contribution in [0, 0.1) is 0 Å². The molecule has 1 N–H and O–H groups in total. The van der Waals surface area contributed by atoms with Gasteiger partial charge in [-0.05, 0) is 30.9 Å². The number of ether oxygens (including phenoxy) is 2. The summed E-state index contributed by atoms with van der Waals surface area (Å²) in [6.45, 7) is 2.75. The third-order valence-corrected chi connectivity index (χ3v) is 5.56. The molecule has 2 aromatic rings. The molecule has 2 aliphatic heterocycles. The second-order valence-corrected chi connectivity index (χ2v) is 7.31. The number of benzene rings is 1. The molecule has 7 nitrogen and oxygen atoms in total. The molecule has 0 atom stereocenters. The number of aryl methyl sites for hydroxylation is 1. The molecule has 144 valence electrons. The summed E-state index contributed by atoms with van der Waals surface area (Å²) < 4.78 is 13.6. The first-order valence-corrected chi connectivity index (χ1v) is 9.41. The van der Waals surface area contributed by atoms with Crippen LogP contribution in [-0.4, -0.2) is 53.9 Å². The molecule has 0 unspecified atom stereocenters. The molecule has 1 saturated heterocycles. The Labute approximate surface area is 159 Å². The van der Waals surface area contributed by atoms with Gasteiger partial charge in [0.25, 0.3) is 0 Å². The van der Waals surface area contributed by atoms with Crippen LogP contribution in [0.5, 0.6) is 5.75 Å². The number of anilines is 1. The van der Waals surface area contributed by atoms with Crippen LogP contribution in [0.15, 0.2) is 30.6 Å². The third-order valence-electron chi connectivity index (χ3n) is 5.56. The molecule has 1 amide bonds. The molecule has 27 heavy (non-hydrogen) atoms. The van der Waals surface area contributed by atoms with Gasteiger partial charge in [0.1, 0.15) is 5.75 Å². The number of piperidine rings is 1. The molecule has 1 spiro atoms. The van der Waals surface area contributed by atoms with Crippen LogP contribution < -0.4 is 10.1 Å². The van der Waals surface area contributed by atoms with Gasteiger partial charge in [-0.15, -0.1) is 0 Å². The number of amides is 1. The maximum Gasteiger partial charge on any atom is 0.238 e. The number of methoxy groups -OCH3 is 1. The Hall–Kier alpha value is -2.38. The Bertz CT molecular complexity index is 810. The smallest absolute Gasteiger partial charge is 0.238 e. The monoisotopic (exact) mass is 370 g/mol. The summed E-state index contributed by atoms with van der Waals surface area (Å²) in [4.78, 5) is 14.5. The molecule has 0 aliphatic carbocycles. The van der Waals surface area contributed by atoms with Crippen LogP contribution >= 0.6 is 0 Å². The SMILES string of the molecule is COc1cccc2c1C1(CCN(CC(=O)Nc3cnn(C)c3)CC1)OCC2. The average Bonchev–Trinajstić information content (AvgIpc) is 3.08. The van der Waals surface area contributed by atoms with Gasteiger partial charge >= 0.3 is 0 Å². The highest BCUT2D eigenvalue weighted by Crippen LogP contribution is 2.45. The van der Waals surface area contributed by atoms with Crippen LogP contribution in [0.25, 0.3) is 0 Å². The van der Waals surface area contributed by atoms with Crippen LogP contribution in [0.3, 0.4) is 0 Å². The van der Waals surface area contributed by atoms with Gasteiger partial charge in [0.2, 0.25) is 5.91 Å². The molecule has 7 heteroatoms. The largest absolute Gasteiger partial charge is 0.496 e. The Kier molecular flexibility index (Phi) is 4.88. The number of nitrogens with one attached hydrogen (secondary N) is 1. The summed E-state index contributed by atoms with van der Waals surface area (Å²) in [6.07, 6.45) is 6.09. The van der Waals surface area contributed by atoms with Gasteiger partial charge in [0.05, 0.1) is 37.7 Å². The van der Waals surface area contributed by atoms with E-state index in [1.54, 1.807) is 24.2 Å². The summed E-state index contributed by atoms with van der Waals surface area (Å²) in [7, 11) is 3.55. The number of carbonyl (C=O) groups excluding carboxylic acids is 1. The van der Waals surface area contributed by atoms with Gasteiger partial charge in [-0.1, -0.05) is 12.1 Å². The van der Waals surface area contributed by atoms with Crippen molar-refractivity contribution in [3.8, 4) is 5.75 Å². The molecule has 1 aromatic heterocycles. The first kappa shape index (κ1) is 18.0. The van der Waals surface area contributed by atoms with E-state index in [-0.39, 0.29) is 11.5 Å². The van der Waals surface area contributed by atoms with Gasteiger partial charge in [0.15, 0.2) is 0 Å². The van der Waals surface area contributed by atoms with Crippen molar-refractivity contribution in [2.75, 3.05) is 38.7 Å². The molecular weight excluding hydrogens is 344 g/mol. The summed E-state index contributed by atoms with van der Waals surface area (Å²) in [5, 5.41) is 6.97. The summed E-state index contributed by atoms with van der Waals surface area (Å²) in [6, 6.07) is 6.24. The van der Waals surface area contributed by atoms with Crippen molar-refractivity contribution in [2.45, 2.75) is 24.9 Å². The molecule has 0 radical (unpaired) electrons. The zero-order valence-electron chi connectivity index (χ0n) is 15.9. The topological polar surface area (TPSA) is 68.6 Å². The fourth-order valence-corrected chi connectivity index (χ4v) is 4.26. The second kappa shape index (κ2) is 7.32. The highest BCUT2D eigenvalue weighted by molar-refractivity contribution is 5.91. The van der Waals surface area contributed by atoms with Crippen molar-refractivity contribution in [2.24, 2.45) is 7.05 Å². The van der Waals surface area contributed by atoms with E-state index in [1.165, 1.54) is 11.1 Å². The Balaban J connectivity index is 1.42. The van der Waals surface area contributed by atoms with Crippen LogP contribution in [0.2, 0.25) is 0 Å². The van der Waals surface area contributed by atoms with Gasteiger partial charge in [-0.25, -0.2) is 0 Å². The van der Waals surface area contributed by atoms with E-state index < -0.39 is 0 Å². The fourth-order valence-electron chi connectivity index (χ4n) is 4.26. The Morgan fingerprint density at radius 1 is 1.37 bits per heavy atom. The van der Waals surface area contributed by atoms with Gasteiger partial charge < -0.3 is 14.8 Å². The average molecular weight is 370 g/mol. The lowest BCUT2D eigenvalue weighted by molar-refractivity contribution is -0.122. The maximum absolute atomic E-state index is 12.3. The minimum Gasteiger partial charge on any atom is -0.496 e. The molecule has 0 bridgehead atoms. The summed E-state index contributed by atoms with van der Waals surface area (Å²) >= 11 is 0. The number of rotatable bonds is 4. The lowest BCUT2D eigenvalue weighted by Crippen LogP contribution is -2.48. The van der Waals surface area contributed by atoms with Crippen molar-refractivity contribution in [1.82, 2.24) is 14.7 Å². The molecule has 3 heterocycles. The summed E-state index contributed by atoms with van der Waals surface area (Å²) in [5.74, 6) is 0.900. The Morgan fingerprint density at radius 3 is 2.89 bits per heavy atom. The molecular formula is C20H26N4O3. The number of hydrogen-bond acceptors (Lipinski definition) is 5. The second-order valence-electron chi connectivity index (χ2n) is 7.31. The van der Waals surface area contributed by atoms with E-state index in [9.17, 15) is 4.79 Å². The summed E-state index contributed by atoms with van der Waals surface area (Å²) in [5.41, 5.74) is 2.96. The highest BCUT2D eigenvalue weighted by Gasteiger charge is 2.43. The molecule has 4 rings (SSSR count). The zero-order valence-corrected chi connectivity index (χ0v) is 15.9. The minimum absolute atomic E-state index is 0.0125.